The van der Waals surface area contributed by atoms with Crippen molar-refractivity contribution >= 4 is 17.5 Å². The first-order chi connectivity index (χ1) is 12.1. The fraction of sp³-hybridized carbons (Fsp3) is 0.400. The Morgan fingerprint density at radius 2 is 2.04 bits per heavy atom. The van der Waals surface area contributed by atoms with E-state index in [1.807, 2.05) is 17.0 Å². The number of benzene rings is 1. The average molecular weight is 338 g/mol. The number of fused-ring (bicyclic) bond motifs is 1. The SMILES string of the molecule is Cc1ccc2c(c1)CCCN2C(=O)C1CCCN1C(=O)c1ccco1. The molecule has 0 bridgehead atoms. The minimum absolute atomic E-state index is 0.0298. The maximum absolute atomic E-state index is 13.2. The maximum Gasteiger partial charge on any atom is 0.290 e. The van der Waals surface area contributed by atoms with Crippen LogP contribution in [0.15, 0.2) is 41.0 Å². The highest BCUT2D eigenvalue weighted by Crippen LogP contribution is 2.31. The molecular formula is C20H22N2O3. The first kappa shape index (κ1) is 15.9. The molecule has 2 aromatic rings. The van der Waals surface area contributed by atoms with Crippen molar-refractivity contribution in [1.29, 1.82) is 0 Å². The van der Waals surface area contributed by atoms with Crippen LogP contribution in [0, 0.1) is 6.92 Å². The molecule has 0 saturated carbocycles. The molecule has 1 aromatic carbocycles. The van der Waals surface area contributed by atoms with Crippen molar-refractivity contribution in [2.24, 2.45) is 0 Å². The first-order valence-electron chi connectivity index (χ1n) is 8.90. The van der Waals surface area contributed by atoms with Crippen molar-refractivity contribution in [2.75, 3.05) is 18.0 Å². The fourth-order valence-corrected chi connectivity index (χ4v) is 3.94. The van der Waals surface area contributed by atoms with E-state index in [9.17, 15) is 9.59 Å². The zero-order valence-electron chi connectivity index (χ0n) is 14.4. The van der Waals surface area contributed by atoms with Gasteiger partial charge >= 0.3 is 0 Å². The Labute approximate surface area is 147 Å². The van der Waals surface area contributed by atoms with Crippen LogP contribution in [0.25, 0.3) is 0 Å². The van der Waals surface area contributed by atoms with Gasteiger partial charge in [0.2, 0.25) is 5.91 Å². The second-order valence-electron chi connectivity index (χ2n) is 6.86. The number of hydrogen-bond acceptors (Lipinski definition) is 3. The lowest BCUT2D eigenvalue weighted by Crippen LogP contribution is -2.49. The zero-order valence-corrected chi connectivity index (χ0v) is 14.4. The largest absolute Gasteiger partial charge is 0.459 e. The highest BCUT2D eigenvalue weighted by Gasteiger charge is 2.39. The van der Waals surface area contributed by atoms with Crippen molar-refractivity contribution in [2.45, 2.75) is 38.6 Å². The summed E-state index contributed by atoms with van der Waals surface area (Å²) in [4.78, 5) is 29.4. The van der Waals surface area contributed by atoms with Crippen molar-refractivity contribution in [3.8, 4) is 0 Å². The van der Waals surface area contributed by atoms with Crippen molar-refractivity contribution < 1.29 is 14.0 Å². The Hall–Kier alpha value is -2.56. The minimum atomic E-state index is -0.398. The van der Waals surface area contributed by atoms with Gasteiger partial charge in [-0.2, -0.15) is 0 Å². The number of nitrogens with zero attached hydrogens (tertiary/aromatic N) is 2. The van der Waals surface area contributed by atoms with E-state index in [0.717, 1.165) is 24.9 Å². The van der Waals surface area contributed by atoms with E-state index < -0.39 is 6.04 Å². The highest BCUT2D eigenvalue weighted by molar-refractivity contribution is 6.02. The van der Waals surface area contributed by atoms with Crippen LogP contribution in [0.5, 0.6) is 0 Å². The standard InChI is InChI=1S/C20H22N2O3/c1-14-8-9-16-15(13-14)5-2-10-21(16)19(23)17-6-3-11-22(17)20(24)18-7-4-12-25-18/h4,7-9,12-13,17H,2-3,5-6,10-11H2,1H3. The summed E-state index contributed by atoms with van der Waals surface area (Å²) in [6.45, 7) is 3.39. The van der Waals surface area contributed by atoms with Crippen LogP contribution in [0.3, 0.4) is 0 Å². The third-order valence-corrected chi connectivity index (χ3v) is 5.15. The molecule has 0 aliphatic carbocycles. The molecule has 0 spiro atoms. The first-order valence-corrected chi connectivity index (χ1v) is 8.90. The van der Waals surface area contributed by atoms with Crippen molar-refractivity contribution in [3.05, 3.63) is 53.5 Å². The minimum Gasteiger partial charge on any atom is -0.459 e. The van der Waals surface area contributed by atoms with Gasteiger partial charge in [-0.15, -0.1) is 0 Å². The van der Waals surface area contributed by atoms with Gasteiger partial charge in [0.1, 0.15) is 6.04 Å². The number of amides is 2. The van der Waals surface area contributed by atoms with E-state index >= 15 is 0 Å². The van der Waals surface area contributed by atoms with Gasteiger partial charge in [0.05, 0.1) is 6.26 Å². The van der Waals surface area contributed by atoms with Gasteiger partial charge in [-0.1, -0.05) is 17.7 Å². The fourth-order valence-electron chi connectivity index (χ4n) is 3.94. The Bertz CT molecular complexity index is 797. The predicted molar refractivity (Wildman–Crippen MR) is 94.6 cm³/mol. The molecule has 5 heteroatoms. The summed E-state index contributed by atoms with van der Waals surface area (Å²) in [5.74, 6) is 0.138. The summed E-state index contributed by atoms with van der Waals surface area (Å²) in [7, 11) is 0. The zero-order chi connectivity index (χ0) is 17.4. The molecule has 1 atom stereocenters. The molecule has 2 aliphatic rings. The molecule has 0 N–H and O–H groups in total. The summed E-state index contributed by atoms with van der Waals surface area (Å²) >= 11 is 0. The number of carbonyl (C=O) groups is 2. The molecule has 1 aromatic heterocycles. The maximum atomic E-state index is 13.2. The second kappa shape index (κ2) is 6.39. The molecule has 1 saturated heterocycles. The number of rotatable bonds is 2. The molecule has 5 nitrogen and oxygen atoms in total. The second-order valence-corrected chi connectivity index (χ2v) is 6.86. The topological polar surface area (TPSA) is 53.8 Å². The third-order valence-electron chi connectivity index (χ3n) is 5.15. The van der Waals surface area contributed by atoms with Crippen molar-refractivity contribution in [3.63, 3.8) is 0 Å². The normalized spacial score (nSPS) is 19.8. The monoisotopic (exact) mass is 338 g/mol. The Kier molecular flexibility index (Phi) is 4.07. The van der Waals surface area contributed by atoms with E-state index in [1.165, 1.54) is 17.4 Å². The summed E-state index contributed by atoms with van der Waals surface area (Å²) in [6, 6.07) is 9.20. The summed E-state index contributed by atoms with van der Waals surface area (Å²) in [5, 5.41) is 0. The molecule has 3 heterocycles. The number of anilines is 1. The lowest BCUT2D eigenvalue weighted by atomic mass is 9.98. The van der Waals surface area contributed by atoms with Crippen LogP contribution in [-0.4, -0.2) is 35.8 Å². The van der Waals surface area contributed by atoms with Gasteiger partial charge in [0.25, 0.3) is 5.91 Å². The van der Waals surface area contributed by atoms with E-state index in [2.05, 4.69) is 13.0 Å². The molecular weight excluding hydrogens is 316 g/mol. The van der Waals surface area contributed by atoms with E-state index in [1.54, 1.807) is 17.0 Å². The summed E-state index contributed by atoms with van der Waals surface area (Å²) in [6.07, 6.45) is 5.01. The molecule has 0 radical (unpaired) electrons. The van der Waals surface area contributed by atoms with Gasteiger partial charge in [-0.05, 0) is 56.4 Å². The lowest BCUT2D eigenvalue weighted by Gasteiger charge is -2.34. The van der Waals surface area contributed by atoms with Crippen LogP contribution >= 0.6 is 0 Å². The van der Waals surface area contributed by atoms with Crippen LogP contribution in [0.4, 0.5) is 5.69 Å². The smallest absolute Gasteiger partial charge is 0.290 e. The number of aryl methyl sites for hydroxylation is 2. The number of hydrogen-bond donors (Lipinski definition) is 0. The van der Waals surface area contributed by atoms with Gasteiger partial charge in [-0.25, -0.2) is 0 Å². The third kappa shape index (κ3) is 2.84. The molecule has 4 rings (SSSR count). The van der Waals surface area contributed by atoms with Crippen LogP contribution < -0.4 is 4.90 Å². The van der Waals surface area contributed by atoms with Gasteiger partial charge in [0.15, 0.2) is 5.76 Å². The summed E-state index contributed by atoms with van der Waals surface area (Å²) < 4.78 is 5.23. The van der Waals surface area contributed by atoms with Gasteiger partial charge in [0, 0.05) is 18.8 Å². The van der Waals surface area contributed by atoms with Gasteiger partial charge in [-0.3, -0.25) is 9.59 Å². The van der Waals surface area contributed by atoms with Crippen molar-refractivity contribution in [1.82, 2.24) is 4.90 Å². The molecule has 2 amide bonds. The Morgan fingerprint density at radius 1 is 1.16 bits per heavy atom. The Balaban J connectivity index is 1.60. The van der Waals surface area contributed by atoms with Crippen LogP contribution in [0.1, 0.15) is 40.9 Å². The Morgan fingerprint density at radius 3 is 2.84 bits per heavy atom. The molecule has 25 heavy (non-hydrogen) atoms. The number of carbonyl (C=O) groups excluding carboxylic acids is 2. The van der Waals surface area contributed by atoms with E-state index in [4.69, 9.17) is 4.42 Å². The quantitative estimate of drug-likeness (QED) is 0.845. The predicted octanol–water partition coefficient (Wildman–Crippen LogP) is 3.17. The molecule has 1 unspecified atom stereocenters. The van der Waals surface area contributed by atoms with E-state index in [0.29, 0.717) is 25.3 Å². The molecule has 1 fully saturated rings. The number of furan rings is 1. The van der Waals surface area contributed by atoms with Crippen LogP contribution in [-0.2, 0) is 11.2 Å². The van der Waals surface area contributed by atoms with Crippen LogP contribution in [0.2, 0.25) is 0 Å². The average Bonchev–Trinajstić information content (AvgIpc) is 3.31. The lowest BCUT2D eigenvalue weighted by molar-refractivity contribution is -0.122. The summed E-state index contributed by atoms with van der Waals surface area (Å²) in [5.41, 5.74) is 3.43. The highest BCUT2D eigenvalue weighted by atomic mass is 16.3. The van der Waals surface area contributed by atoms with E-state index in [-0.39, 0.29) is 11.8 Å². The van der Waals surface area contributed by atoms with Gasteiger partial charge < -0.3 is 14.2 Å². The molecule has 2 aliphatic heterocycles. The number of likely N-dealkylation sites (tertiary alicyclic amines) is 1. The molecule has 130 valence electrons.